The van der Waals surface area contributed by atoms with Crippen molar-refractivity contribution in [2.45, 2.75) is 13.5 Å². The summed E-state index contributed by atoms with van der Waals surface area (Å²) in [5, 5.41) is 8.63. The van der Waals surface area contributed by atoms with Gasteiger partial charge in [-0.15, -0.1) is 0 Å². The zero-order valence-electron chi connectivity index (χ0n) is 14.4. The van der Waals surface area contributed by atoms with Gasteiger partial charge in [-0.3, -0.25) is 5.43 Å². The molecule has 0 aliphatic rings. The highest BCUT2D eigenvalue weighted by Crippen LogP contribution is 2.29. The number of methoxy groups -OCH3 is 1. The molecule has 0 saturated heterocycles. The first-order chi connectivity index (χ1) is 12.5. The number of thiocarbonyl (C=S) groups is 1. The molecule has 0 bridgehead atoms. The third-order valence-electron chi connectivity index (χ3n) is 3.30. The maximum absolute atomic E-state index is 6.16. The number of benzene rings is 2. The van der Waals surface area contributed by atoms with Crippen LogP contribution in [0.4, 0.5) is 0 Å². The average molecular weight is 412 g/mol. The predicted octanol–water partition coefficient (Wildman–Crippen LogP) is 4.40. The van der Waals surface area contributed by atoms with Crippen LogP contribution in [0.15, 0.2) is 41.5 Å². The molecule has 0 heterocycles. The van der Waals surface area contributed by atoms with Crippen molar-refractivity contribution in [2.24, 2.45) is 5.10 Å². The summed E-state index contributed by atoms with van der Waals surface area (Å²) < 4.78 is 11.2. The number of hydrogen-bond donors (Lipinski definition) is 2. The van der Waals surface area contributed by atoms with Crippen LogP contribution >= 0.6 is 35.4 Å². The zero-order valence-corrected chi connectivity index (χ0v) is 16.7. The molecule has 8 heteroatoms. The summed E-state index contributed by atoms with van der Waals surface area (Å²) >= 11 is 17.1. The minimum atomic E-state index is 0.304. The molecule has 0 aliphatic carbocycles. The second-order valence-electron chi connectivity index (χ2n) is 5.16. The summed E-state index contributed by atoms with van der Waals surface area (Å²) in [5.41, 5.74) is 4.41. The van der Waals surface area contributed by atoms with E-state index < -0.39 is 0 Å². The molecular weight excluding hydrogens is 393 g/mol. The van der Waals surface area contributed by atoms with Crippen LogP contribution in [0.3, 0.4) is 0 Å². The van der Waals surface area contributed by atoms with Gasteiger partial charge in [-0.25, -0.2) is 0 Å². The fourth-order valence-electron chi connectivity index (χ4n) is 2.04. The monoisotopic (exact) mass is 411 g/mol. The van der Waals surface area contributed by atoms with E-state index in [4.69, 9.17) is 44.9 Å². The Balaban J connectivity index is 2.03. The van der Waals surface area contributed by atoms with Gasteiger partial charge in [-0.05, 0) is 55.0 Å². The van der Waals surface area contributed by atoms with E-state index in [9.17, 15) is 0 Å². The molecule has 5 nitrogen and oxygen atoms in total. The molecule has 2 N–H and O–H groups in total. The molecule has 2 aromatic carbocycles. The van der Waals surface area contributed by atoms with Crippen LogP contribution in [0, 0.1) is 0 Å². The molecule has 26 heavy (non-hydrogen) atoms. The highest BCUT2D eigenvalue weighted by molar-refractivity contribution is 7.80. The van der Waals surface area contributed by atoms with Crippen molar-refractivity contribution < 1.29 is 9.47 Å². The minimum Gasteiger partial charge on any atom is -0.493 e. The molecule has 0 unspecified atom stereocenters. The lowest BCUT2D eigenvalue weighted by molar-refractivity contribution is 0.284. The summed E-state index contributed by atoms with van der Waals surface area (Å²) in [7, 11) is 1.58. The highest BCUT2D eigenvalue weighted by Gasteiger charge is 2.08. The van der Waals surface area contributed by atoms with Crippen molar-refractivity contribution in [3.05, 3.63) is 57.6 Å². The van der Waals surface area contributed by atoms with Crippen LogP contribution in [-0.2, 0) is 6.61 Å². The van der Waals surface area contributed by atoms with Crippen LogP contribution in [0.2, 0.25) is 10.0 Å². The van der Waals surface area contributed by atoms with Gasteiger partial charge in [-0.2, -0.15) is 5.10 Å². The number of hydrogen-bond acceptors (Lipinski definition) is 4. The Kier molecular flexibility index (Phi) is 7.97. The molecule has 0 spiro atoms. The molecule has 138 valence electrons. The number of ether oxygens (including phenoxy) is 2. The largest absolute Gasteiger partial charge is 0.493 e. The number of rotatable bonds is 7. The Bertz CT molecular complexity index is 800. The Morgan fingerprint density at radius 2 is 2.00 bits per heavy atom. The number of nitrogens with one attached hydrogen (secondary N) is 2. The lowest BCUT2D eigenvalue weighted by Crippen LogP contribution is -2.31. The van der Waals surface area contributed by atoms with E-state index in [-0.39, 0.29) is 0 Å². The zero-order chi connectivity index (χ0) is 18.9. The Hall–Kier alpha value is -2.02. The van der Waals surface area contributed by atoms with Crippen LogP contribution in [-0.4, -0.2) is 25.0 Å². The number of hydrazone groups is 1. The van der Waals surface area contributed by atoms with Crippen LogP contribution in [0.25, 0.3) is 0 Å². The van der Waals surface area contributed by atoms with E-state index in [1.165, 1.54) is 0 Å². The number of nitrogens with zero attached hydrogens (tertiary/aromatic N) is 1. The third-order valence-corrected chi connectivity index (χ3v) is 4.13. The van der Waals surface area contributed by atoms with E-state index in [1.54, 1.807) is 25.5 Å². The lowest BCUT2D eigenvalue weighted by Gasteiger charge is -2.12. The van der Waals surface area contributed by atoms with Crippen LogP contribution in [0.1, 0.15) is 18.1 Å². The molecule has 0 atom stereocenters. The minimum absolute atomic E-state index is 0.304. The van der Waals surface area contributed by atoms with Crippen LogP contribution < -0.4 is 20.2 Å². The normalized spacial score (nSPS) is 10.6. The standard InChI is InChI=1S/C18H19Cl2N3O2S/c1-3-21-18(26)23-22-10-12-4-7-16(17(8-12)24-2)25-11-13-5-6-14(19)9-15(13)20/h4-10H,3,11H2,1-2H3,(H2,21,23,26)/b22-10+. The van der Waals surface area contributed by atoms with Gasteiger partial charge in [0.1, 0.15) is 6.61 Å². The van der Waals surface area contributed by atoms with Crippen molar-refractivity contribution in [1.82, 2.24) is 10.7 Å². The maximum Gasteiger partial charge on any atom is 0.186 e. The molecule has 2 aromatic rings. The number of halogens is 2. The smallest absolute Gasteiger partial charge is 0.186 e. The van der Waals surface area contributed by atoms with E-state index >= 15 is 0 Å². The van der Waals surface area contributed by atoms with Gasteiger partial charge in [0.25, 0.3) is 0 Å². The molecule has 0 fully saturated rings. The fraction of sp³-hybridized carbons (Fsp3) is 0.222. The first-order valence-corrected chi connectivity index (χ1v) is 9.01. The van der Waals surface area contributed by atoms with Gasteiger partial charge >= 0.3 is 0 Å². The average Bonchev–Trinajstić information content (AvgIpc) is 2.61. The highest BCUT2D eigenvalue weighted by atomic mass is 35.5. The summed E-state index contributed by atoms with van der Waals surface area (Å²) in [6.45, 7) is 3.00. The molecule has 0 saturated carbocycles. The molecular formula is C18H19Cl2N3O2S. The van der Waals surface area contributed by atoms with E-state index in [1.807, 2.05) is 31.2 Å². The fourth-order valence-corrected chi connectivity index (χ4v) is 2.70. The summed E-state index contributed by atoms with van der Waals surface area (Å²) in [6.07, 6.45) is 1.64. The molecule has 0 aromatic heterocycles. The van der Waals surface area contributed by atoms with Gasteiger partial charge in [0.15, 0.2) is 16.6 Å². The Morgan fingerprint density at radius 1 is 1.19 bits per heavy atom. The lowest BCUT2D eigenvalue weighted by atomic mass is 10.2. The van der Waals surface area contributed by atoms with Crippen LogP contribution in [0.5, 0.6) is 11.5 Å². The summed E-state index contributed by atoms with van der Waals surface area (Å²) in [5.74, 6) is 1.19. The first kappa shape index (κ1) is 20.3. The Morgan fingerprint density at radius 3 is 2.69 bits per heavy atom. The topological polar surface area (TPSA) is 54.9 Å². The van der Waals surface area contributed by atoms with Crippen molar-refractivity contribution >= 4 is 46.7 Å². The summed E-state index contributed by atoms with van der Waals surface area (Å²) in [4.78, 5) is 0. The van der Waals surface area contributed by atoms with Crippen molar-refractivity contribution in [2.75, 3.05) is 13.7 Å². The molecule has 2 rings (SSSR count). The Labute approximate surface area is 168 Å². The van der Waals surface area contributed by atoms with Crippen molar-refractivity contribution in [1.29, 1.82) is 0 Å². The molecule has 0 radical (unpaired) electrons. The molecule has 0 amide bonds. The van der Waals surface area contributed by atoms with Gasteiger partial charge in [-0.1, -0.05) is 29.3 Å². The van der Waals surface area contributed by atoms with E-state index in [0.717, 1.165) is 17.7 Å². The quantitative estimate of drug-likeness (QED) is 0.401. The predicted molar refractivity (Wildman–Crippen MR) is 111 cm³/mol. The van der Waals surface area contributed by atoms with Crippen molar-refractivity contribution in [3.63, 3.8) is 0 Å². The van der Waals surface area contributed by atoms with E-state index in [0.29, 0.717) is 33.3 Å². The van der Waals surface area contributed by atoms with Gasteiger partial charge in [0.05, 0.1) is 13.3 Å². The van der Waals surface area contributed by atoms with Gasteiger partial charge < -0.3 is 14.8 Å². The van der Waals surface area contributed by atoms with Gasteiger partial charge in [0.2, 0.25) is 0 Å². The maximum atomic E-state index is 6.16. The molecule has 0 aliphatic heterocycles. The second-order valence-corrected chi connectivity index (χ2v) is 6.42. The van der Waals surface area contributed by atoms with E-state index in [2.05, 4.69) is 15.8 Å². The summed E-state index contributed by atoms with van der Waals surface area (Å²) in [6, 6.07) is 10.8. The first-order valence-electron chi connectivity index (χ1n) is 7.85. The third kappa shape index (κ3) is 6.05. The van der Waals surface area contributed by atoms with Crippen molar-refractivity contribution in [3.8, 4) is 11.5 Å². The second kappa shape index (κ2) is 10.2. The van der Waals surface area contributed by atoms with Gasteiger partial charge in [0, 0.05) is 22.2 Å². The SMILES string of the molecule is CCNC(=S)N/N=C/c1ccc(OCc2ccc(Cl)cc2Cl)c(OC)c1.